The van der Waals surface area contributed by atoms with Crippen molar-refractivity contribution < 1.29 is 4.79 Å². The number of aromatic amines is 1. The van der Waals surface area contributed by atoms with E-state index in [1.54, 1.807) is 11.3 Å². The van der Waals surface area contributed by atoms with Gasteiger partial charge in [0.2, 0.25) is 0 Å². The molecule has 0 radical (unpaired) electrons. The third-order valence-electron chi connectivity index (χ3n) is 5.60. The maximum Gasteiger partial charge on any atom is 0.274 e. The van der Waals surface area contributed by atoms with Crippen LogP contribution >= 0.6 is 22.9 Å². The minimum atomic E-state index is -0.0440. The molecule has 2 aromatic heterocycles. The molecule has 1 aliphatic heterocycles. The second kappa shape index (κ2) is 8.76. The van der Waals surface area contributed by atoms with Crippen LogP contribution in [0.2, 0.25) is 5.02 Å². The molecule has 1 saturated heterocycles. The van der Waals surface area contributed by atoms with Crippen molar-refractivity contribution in [2.75, 3.05) is 31.1 Å². The number of nitrogens with zero attached hydrogens (tertiary/aromatic N) is 4. The molecule has 0 bridgehead atoms. The van der Waals surface area contributed by atoms with E-state index < -0.39 is 0 Å². The highest BCUT2D eigenvalue weighted by Gasteiger charge is 2.25. The van der Waals surface area contributed by atoms with Gasteiger partial charge in [-0.1, -0.05) is 41.9 Å². The topological polar surface area (TPSA) is 65.1 Å². The van der Waals surface area contributed by atoms with Crippen LogP contribution in [0.5, 0.6) is 0 Å². The zero-order valence-corrected chi connectivity index (χ0v) is 19.2. The van der Waals surface area contributed by atoms with Crippen molar-refractivity contribution in [2.45, 2.75) is 6.92 Å². The Bertz CT molecular complexity index is 1240. The van der Waals surface area contributed by atoms with Crippen molar-refractivity contribution in [1.29, 1.82) is 0 Å². The van der Waals surface area contributed by atoms with E-state index in [2.05, 4.69) is 27.2 Å². The molecule has 0 aliphatic carbocycles. The van der Waals surface area contributed by atoms with Crippen LogP contribution in [0.25, 0.3) is 21.1 Å². The van der Waals surface area contributed by atoms with Crippen molar-refractivity contribution in [2.24, 2.45) is 0 Å². The number of nitrogens with one attached hydrogen (secondary N) is 1. The lowest BCUT2D eigenvalue weighted by Gasteiger charge is -2.35. The SMILES string of the molecule is Cc1nc(-c2cccc(Cl)c2)sc1-c1cc(C(=O)N2CCN(c3ccccc3)CC2)n[nH]1. The third kappa shape index (κ3) is 4.13. The molecule has 1 fully saturated rings. The quantitative estimate of drug-likeness (QED) is 0.456. The van der Waals surface area contributed by atoms with Crippen molar-refractivity contribution in [3.63, 3.8) is 0 Å². The molecule has 0 spiro atoms. The molecular formula is C24H22ClN5OS. The predicted molar refractivity (Wildman–Crippen MR) is 129 cm³/mol. The summed E-state index contributed by atoms with van der Waals surface area (Å²) in [5, 5.41) is 8.91. The Labute approximate surface area is 195 Å². The number of aryl methyl sites for hydroxylation is 1. The van der Waals surface area contributed by atoms with Crippen molar-refractivity contribution >= 4 is 34.5 Å². The Morgan fingerprint density at radius 2 is 1.81 bits per heavy atom. The fourth-order valence-electron chi connectivity index (χ4n) is 3.91. The van der Waals surface area contributed by atoms with Crippen LogP contribution in [-0.2, 0) is 0 Å². The molecule has 0 unspecified atom stereocenters. The monoisotopic (exact) mass is 463 g/mol. The van der Waals surface area contributed by atoms with Gasteiger partial charge in [-0.25, -0.2) is 4.98 Å². The Morgan fingerprint density at radius 3 is 2.56 bits per heavy atom. The lowest BCUT2D eigenvalue weighted by Crippen LogP contribution is -2.48. The number of halogens is 1. The van der Waals surface area contributed by atoms with Gasteiger partial charge in [0.05, 0.1) is 16.3 Å². The number of carbonyl (C=O) groups excluding carboxylic acids is 1. The lowest BCUT2D eigenvalue weighted by atomic mass is 10.2. The number of rotatable bonds is 4. The van der Waals surface area contributed by atoms with Gasteiger partial charge in [0.25, 0.3) is 5.91 Å². The highest BCUT2D eigenvalue weighted by Crippen LogP contribution is 2.35. The first-order valence-electron chi connectivity index (χ1n) is 10.5. The molecule has 4 aromatic rings. The summed E-state index contributed by atoms with van der Waals surface area (Å²) in [6, 6.07) is 19.8. The fraction of sp³-hybridized carbons (Fsp3) is 0.208. The number of thiazole rings is 1. The lowest BCUT2D eigenvalue weighted by molar-refractivity contribution is 0.0741. The number of piperazine rings is 1. The molecule has 0 saturated carbocycles. The van der Waals surface area contributed by atoms with E-state index in [1.807, 2.05) is 60.4 Å². The van der Waals surface area contributed by atoms with E-state index in [9.17, 15) is 4.79 Å². The number of hydrogen-bond acceptors (Lipinski definition) is 5. The number of anilines is 1. The van der Waals surface area contributed by atoms with Gasteiger partial charge in [0, 0.05) is 42.5 Å². The molecule has 1 amide bonds. The normalized spacial score (nSPS) is 14.1. The van der Waals surface area contributed by atoms with Crippen LogP contribution in [0.15, 0.2) is 60.7 Å². The number of hydrogen-bond donors (Lipinski definition) is 1. The van der Waals surface area contributed by atoms with Crippen molar-refractivity contribution in [1.82, 2.24) is 20.1 Å². The highest BCUT2D eigenvalue weighted by molar-refractivity contribution is 7.18. The minimum absolute atomic E-state index is 0.0440. The van der Waals surface area contributed by atoms with E-state index in [1.165, 1.54) is 5.69 Å². The Balaban J connectivity index is 1.30. The summed E-state index contributed by atoms with van der Waals surface area (Å²) in [6.45, 7) is 4.93. The van der Waals surface area contributed by atoms with E-state index in [-0.39, 0.29) is 5.91 Å². The smallest absolute Gasteiger partial charge is 0.274 e. The van der Waals surface area contributed by atoms with Gasteiger partial charge in [-0.2, -0.15) is 5.10 Å². The summed E-state index contributed by atoms with van der Waals surface area (Å²) in [7, 11) is 0. The van der Waals surface area contributed by atoms with Gasteiger partial charge < -0.3 is 9.80 Å². The number of para-hydroxylation sites is 1. The summed E-state index contributed by atoms with van der Waals surface area (Å²) in [6.07, 6.45) is 0. The molecule has 162 valence electrons. The summed E-state index contributed by atoms with van der Waals surface area (Å²) in [5.41, 5.74) is 4.30. The Hall–Kier alpha value is -3.16. The molecule has 2 aromatic carbocycles. The van der Waals surface area contributed by atoms with Gasteiger partial charge in [-0.05, 0) is 37.3 Å². The molecule has 1 aliphatic rings. The van der Waals surface area contributed by atoms with Crippen LogP contribution in [0.1, 0.15) is 16.2 Å². The summed E-state index contributed by atoms with van der Waals surface area (Å²) in [5.74, 6) is -0.0440. The number of carbonyl (C=O) groups is 1. The summed E-state index contributed by atoms with van der Waals surface area (Å²) < 4.78 is 0. The van der Waals surface area contributed by atoms with Crippen LogP contribution in [0, 0.1) is 6.92 Å². The van der Waals surface area contributed by atoms with Gasteiger partial charge in [-0.15, -0.1) is 11.3 Å². The first kappa shape index (κ1) is 20.7. The van der Waals surface area contributed by atoms with Gasteiger partial charge in [0.1, 0.15) is 5.01 Å². The summed E-state index contributed by atoms with van der Waals surface area (Å²) in [4.78, 5) is 22.9. The van der Waals surface area contributed by atoms with Crippen molar-refractivity contribution in [3.05, 3.63) is 77.1 Å². The molecule has 1 N–H and O–H groups in total. The zero-order valence-electron chi connectivity index (χ0n) is 17.6. The average Bonchev–Trinajstić information content (AvgIpc) is 3.46. The van der Waals surface area contributed by atoms with E-state index >= 15 is 0 Å². The first-order chi connectivity index (χ1) is 15.6. The molecule has 5 rings (SSSR count). The molecule has 32 heavy (non-hydrogen) atoms. The average molecular weight is 464 g/mol. The van der Waals surface area contributed by atoms with Crippen LogP contribution in [-0.4, -0.2) is 52.2 Å². The van der Waals surface area contributed by atoms with Gasteiger partial charge in [-0.3, -0.25) is 9.89 Å². The van der Waals surface area contributed by atoms with Crippen LogP contribution < -0.4 is 4.90 Å². The largest absolute Gasteiger partial charge is 0.368 e. The molecule has 8 heteroatoms. The minimum Gasteiger partial charge on any atom is -0.368 e. The third-order valence-corrected chi connectivity index (χ3v) is 7.07. The Morgan fingerprint density at radius 1 is 1.03 bits per heavy atom. The molecule has 3 heterocycles. The van der Waals surface area contributed by atoms with Gasteiger partial charge >= 0.3 is 0 Å². The number of benzene rings is 2. The zero-order chi connectivity index (χ0) is 22.1. The maximum absolute atomic E-state index is 13.0. The highest BCUT2D eigenvalue weighted by atomic mass is 35.5. The Kier molecular flexibility index (Phi) is 5.68. The number of aromatic nitrogens is 3. The van der Waals surface area contributed by atoms with Crippen molar-refractivity contribution in [3.8, 4) is 21.1 Å². The van der Waals surface area contributed by atoms with Crippen LogP contribution in [0.4, 0.5) is 5.69 Å². The van der Waals surface area contributed by atoms with Crippen LogP contribution in [0.3, 0.4) is 0 Å². The molecular weight excluding hydrogens is 442 g/mol. The maximum atomic E-state index is 13.0. The van der Waals surface area contributed by atoms with E-state index in [4.69, 9.17) is 16.6 Å². The van der Waals surface area contributed by atoms with E-state index in [0.717, 1.165) is 39.9 Å². The first-order valence-corrected chi connectivity index (χ1v) is 11.7. The standard InChI is InChI=1S/C24H22ClN5OS/c1-16-22(32-23(26-16)17-6-5-7-18(25)14-17)20-15-21(28-27-20)24(31)30-12-10-29(11-13-30)19-8-3-2-4-9-19/h2-9,14-15H,10-13H2,1H3,(H,27,28). The molecule has 0 atom stereocenters. The van der Waals surface area contributed by atoms with Gasteiger partial charge in [0.15, 0.2) is 5.69 Å². The van der Waals surface area contributed by atoms with E-state index in [0.29, 0.717) is 23.8 Å². The number of amides is 1. The predicted octanol–water partition coefficient (Wildman–Crippen LogP) is 5.12. The fourth-order valence-corrected chi connectivity index (χ4v) is 5.13. The second-order valence-electron chi connectivity index (χ2n) is 7.73. The summed E-state index contributed by atoms with van der Waals surface area (Å²) >= 11 is 7.69. The molecule has 6 nitrogen and oxygen atoms in total. The second-order valence-corrected chi connectivity index (χ2v) is 9.16. The number of H-pyrrole nitrogens is 1.